The van der Waals surface area contributed by atoms with Gasteiger partial charge in [-0.3, -0.25) is 0 Å². The lowest BCUT2D eigenvalue weighted by atomic mass is 10.2. The van der Waals surface area contributed by atoms with Gasteiger partial charge in [0.05, 0.1) is 5.52 Å². The molecule has 0 aliphatic carbocycles. The average Bonchev–Trinajstić information content (AvgIpc) is 2.44. The van der Waals surface area contributed by atoms with E-state index >= 15 is 0 Å². The van der Waals surface area contributed by atoms with Crippen LogP contribution in [-0.2, 0) is 0 Å². The van der Waals surface area contributed by atoms with Crippen molar-refractivity contribution < 1.29 is 13.2 Å². The van der Waals surface area contributed by atoms with Gasteiger partial charge in [-0.1, -0.05) is 12.1 Å². The molecule has 106 valence electrons. The van der Waals surface area contributed by atoms with Crippen molar-refractivity contribution in [2.75, 3.05) is 5.32 Å². The van der Waals surface area contributed by atoms with Crippen LogP contribution in [0.2, 0.25) is 5.28 Å². The van der Waals surface area contributed by atoms with Gasteiger partial charge in [0.2, 0.25) is 5.28 Å². The molecule has 7 heteroatoms. The monoisotopic (exact) mass is 309 g/mol. The number of nitrogens with one attached hydrogen (secondary N) is 1. The number of halogens is 4. The van der Waals surface area contributed by atoms with Crippen LogP contribution in [0.25, 0.3) is 10.9 Å². The third-order valence-electron chi connectivity index (χ3n) is 2.82. The van der Waals surface area contributed by atoms with Crippen molar-refractivity contribution in [1.29, 1.82) is 0 Å². The van der Waals surface area contributed by atoms with E-state index in [9.17, 15) is 13.2 Å². The summed E-state index contributed by atoms with van der Waals surface area (Å²) in [5.74, 6) is -3.83. The Hall–Kier alpha value is -2.34. The fraction of sp³-hybridized carbons (Fsp3) is 0. The van der Waals surface area contributed by atoms with Gasteiger partial charge in [-0.05, 0) is 23.7 Å². The second kappa shape index (κ2) is 5.21. The van der Waals surface area contributed by atoms with Crippen LogP contribution < -0.4 is 5.32 Å². The normalized spacial score (nSPS) is 10.9. The molecular weight excluding hydrogens is 303 g/mol. The van der Waals surface area contributed by atoms with E-state index in [1.165, 1.54) is 0 Å². The standard InChI is InChI=1S/C14H7ClF3N3/c15-14-20-11-4-2-1-3-8(11)13(21-14)19-7-5-9(16)12(18)10(17)6-7/h1-6H,(H,19,20,21). The number of nitrogens with zero attached hydrogens (tertiary/aromatic N) is 2. The van der Waals surface area contributed by atoms with E-state index < -0.39 is 17.5 Å². The van der Waals surface area contributed by atoms with Crippen LogP contribution in [0.3, 0.4) is 0 Å². The number of rotatable bonds is 2. The maximum absolute atomic E-state index is 13.2. The average molecular weight is 310 g/mol. The summed E-state index contributed by atoms with van der Waals surface area (Å²) in [6, 6.07) is 8.65. The first kappa shape index (κ1) is 13.6. The Morgan fingerprint density at radius 3 is 2.33 bits per heavy atom. The molecule has 0 unspecified atom stereocenters. The van der Waals surface area contributed by atoms with Gasteiger partial charge in [0.25, 0.3) is 0 Å². The van der Waals surface area contributed by atoms with E-state index in [2.05, 4.69) is 15.3 Å². The Morgan fingerprint density at radius 2 is 1.62 bits per heavy atom. The number of fused-ring (bicyclic) bond motifs is 1. The van der Waals surface area contributed by atoms with Crippen LogP contribution in [0.15, 0.2) is 36.4 Å². The van der Waals surface area contributed by atoms with Crippen molar-refractivity contribution >= 4 is 34.0 Å². The summed E-state index contributed by atoms with van der Waals surface area (Å²) in [5, 5.41) is 3.32. The van der Waals surface area contributed by atoms with E-state index in [-0.39, 0.29) is 16.8 Å². The molecule has 3 aromatic rings. The summed E-state index contributed by atoms with van der Waals surface area (Å²) >= 11 is 5.81. The summed E-state index contributed by atoms with van der Waals surface area (Å²) in [5.41, 5.74) is 0.592. The van der Waals surface area contributed by atoms with Crippen molar-refractivity contribution in [2.24, 2.45) is 0 Å². The van der Waals surface area contributed by atoms with Gasteiger partial charge in [-0.2, -0.15) is 4.98 Å². The molecule has 3 rings (SSSR count). The van der Waals surface area contributed by atoms with Crippen LogP contribution in [0.1, 0.15) is 0 Å². The van der Waals surface area contributed by atoms with Crippen molar-refractivity contribution in [1.82, 2.24) is 9.97 Å². The molecule has 0 atom stereocenters. The summed E-state index contributed by atoms with van der Waals surface area (Å²) in [7, 11) is 0. The predicted octanol–water partition coefficient (Wildman–Crippen LogP) is 4.44. The molecule has 0 bridgehead atoms. The number of para-hydroxylation sites is 1. The highest BCUT2D eigenvalue weighted by Gasteiger charge is 2.12. The van der Waals surface area contributed by atoms with Gasteiger partial charge in [-0.15, -0.1) is 0 Å². The molecule has 0 spiro atoms. The molecule has 1 heterocycles. The number of hydrogen-bond acceptors (Lipinski definition) is 3. The largest absolute Gasteiger partial charge is 0.339 e. The zero-order valence-corrected chi connectivity index (χ0v) is 11.1. The van der Waals surface area contributed by atoms with Crippen LogP contribution in [0.4, 0.5) is 24.7 Å². The SMILES string of the molecule is Fc1cc(Nc2nc(Cl)nc3ccccc23)cc(F)c1F. The first-order valence-corrected chi connectivity index (χ1v) is 6.26. The van der Waals surface area contributed by atoms with Gasteiger partial charge in [0.1, 0.15) is 5.82 Å². The molecule has 0 radical (unpaired) electrons. The summed E-state index contributed by atoms with van der Waals surface area (Å²) in [4.78, 5) is 8.02. The van der Waals surface area contributed by atoms with E-state index in [1.807, 2.05) is 0 Å². The molecule has 0 saturated heterocycles. The molecule has 0 aliphatic rings. The highest BCUT2D eigenvalue weighted by molar-refractivity contribution is 6.28. The lowest BCUT2D eigenvalue weighted by Gasteiger charge is -2.09. The first-order valence-electron chi connectivity index (χ1n) is 5.88. The minimum atomic E-state index is -1.52. The zero-order chi connectivity index (χ0) is 15.0. The maximum Gasteiger partial charge on any atom is 0.224 e. The van der Waals surface area contributed by atoms with E-state index in [0.29, 0.717) is 10.9 Å². The van der Waals surface area contributed by atoms with E-state index in [0.717, 1.165) is 12.1 Å². The number of benzene rings is 2. The van der Waals surface area contributed by atoms with Crippen LogP contribution >= 0.6 is 11.6 Å². The van der Waals surface area contributed by atoms with Gasteiger partial charge < -0.3 is 5.32 Å². The van der Waals surface area contributed by atoms with Gasteiger partial charge in [0, 0.05) is 23.2 Å². The Bertz CT molecular complexity index is 816. The maximum atomic E-state index is 13.2. The molecule has 3 nitrogen and oxygen atoms in total. The van der Waals surface area contributed by atoms with Crippen molar-refractivity contribution in [3.05, 3.63) is 59.1 Å². The molecule has 1 N–H and O–H groups in total. The highest BCUT2D eigenvalue weighted by atomic mass is 35.5. The first-order chi connectivity index (χ1) is 10.0. The molecule has 1 aromatic heterocycles. The summed E-state index contributed by atoms with van der Waals surface area (Å²) < 4.78 is 39.4. The number of aromatic nitrogens is 2. The van der Waals surface area contributed by atoms with Crippen LogP contribution in [-0.4, -0.2) is 9.97 Å². The topological polar surface area (TPSA) is 37.8 Å². The second-order valence-electron chi connectivity index (χ2n) is 4.24. The Labute approximate surface area is 122 Å². The molecule has 2 aromatic carbocycles. The van der Waals surface area contributed by atoms with Crippen molar-refractivity contribution in [3.63, 3.8) is 0 Å². The second-order valence-corrected chi connectivity index (χ2v) is 4.58. The van der Waals surface area contributed by atoms with Crippen LogP contribution in [0, 0.1) is 17.5 Å². The molecule has 0 fully saturated rings. The fourth-order valence-corrected chi connectivity index (χ4v) is 2.08. The minimum Gasteiger partial charge on any atom is -0.339 e. The molecule has 0 amide bonds. The van der Waals surface area contributed by atoms with E-state index in [4.69, 9.17) is 11.6 Å². The Kier molecular flexibility index (Phi) is 3.39. The smallest absolute Gasteiger partial charge is 0.224 e. The quantitative estimate of drug-likeness (QED) is 0.561. The van der Waals surface area contributed by atoms with Crippen LogP contribution in [0.5, 0.6) is 0 Å². The summed E-state index contributed by atoms with van der Waals surface area (Å²) in [6.45, 7) is 0. The Balaban J connectivity index is 2.10. The van der Waals surface area contributed by atoms with Crippen molar-refractivity contribution in [2.45, 2.75) is 0 Å². The van der Waals surface area contributed by atoms with Crippen molar-refractivity contribution in [3.8, 4) is 0 Å². The Morgan fingerprint density at radius 1 is 0.952 bits per heavy atom. The summed E-state index contributed by atoms with van der Waals surface area (Å²) in [6.07, 6.45) is 0. The number of hydrogen-bond donors (Lipinski definition) is 1. The minimum absolute atomic E-state index is 0.0146. The molecular formula is C14H7ClF3N3. The third-order valence-corrected chi connectivity index (χ3v) is 2.99. The zero-order valence-electron chi connectivity index (χ0n) is 10.4. The number of anilines is 2. The lowest BCUT2D eigenvalue weighted by Crippen LogP contribution is -2.00. The van der Waals surface area contributed by atoms with Gasteiger partial charge >= 0.3 is 0 Å². The van der Waals surface area contributed by atoms with Gasteiger partial charge in [0.15, 0.2) is 17.5 Å². The lowest BCUT2D eigenvalue weighted by molar-refractivity contribution is 0.448. The fourth-order valence-electron chi connectivity index (χ4n) is 1.91. The predicted molar refractivity (Wildman–Crippen MR) is 74.1 cm³/mol. The molecule has 21 heavy (non-hydrogen) atoms. The van der Waals surface area contributed by atoms with E-state index in [1.54, 1.807) is 24.3 Å². The third kappa shape index (κ3) is 2.62. The highest BCUT2D eigenvalue weighted by Crippen LogP contribution is 2.26. The molecule has 0 saturated carbocycles. The van der Waals surface area contributed by atoms with Gasteiger partial charge in [-0.25, -0.2) is 18.2 Å². The molecule has 0 aliphatic heterocycles.